The molecule has 1 aliphatic heterocycles. The quantitative estimate of drug-likeness (QED) is 0.634. The summed E-state index contributed by atoms with van der Waals surface area (Å²) in [5.41, 5.74) is 6.47. The molecule has 2 N–H and O–H groups in total. The Bertz CT molecular complexity index is 173. The van der Waals surface area contributed by atoms with E-state index in [0.29, 0.717) is 11.5 Å². The molecule has 1 aliphatic carbocycles. The Morgan fingerprint density at radius 2 is 1.83 bits per heavy atom. The van der Waals surface area contributed by atoms with Crippen molar-refractivity contribution in [2.24, 2.45) is 17.1 Å². The Labute approximate surface area is 75.1 Å². The summed E-state index contributed by atoms with van der Waals surface area (Å²) < 4.78 is 0. The molecule has 0 bridgehead atoms. The largest absolute Gasteiger partial charge is 0.327 e. The van der Waals surface area contributed by atoms with Crippen molar-refractivity contribution in [3.8, 4) is 0 Å². The highest BCUT2D eigenvalue weighted by Crippen LogP contribution is 2.53. The Hall–Kier alpha value is -0.0800. The summed E-state index contributed by atoms with van der Waals surface area (Å²) >= 11 is 0. The second-order valence-electron chi connectivity index (χ2n) is 4.89. The zero-order chi connectivity index (χ0) is 8.77. The van der Waals surface area contributed by atoms with Crippen LogP contribution in [0.25, 0.3) is 0 Å². The molecule has 0 aromatic rings. The SMILES string of the molecule is CN1CCC(C2(C)CC2N)CC1. The Balaban J connectivity index is 1.90. The smallest absolute Gasteiger partial charge is 0.0102 e. The van der Waals surface area contributed by atoms with E-state index >= 15 is 0 Å². The van der Waals surface area contributed by atoms with Crippen LogP contribution in [0.2, 0.25) is 0 Å². The molecule has 0 radical (unpaired) electrons. The lowest BCUT2D eigenvalue weighted by molar-refractivity contribution is 0.164. The van der Waals surface area contributed by atoms with E-state index in [1.807, 2.05) is 0 Å². The Morgan fingerprint density at radius 1 is 1.33 bits per heavy atom. The van der Waals surface area contributed by atoms with Gasteiger partial charge in [-0.15, -0.1) is 0 Å². The molecule has 2 heteroatoms. The van der Waals surface area contributed by atoms with Crippen LogP contribution >= 0.6 is 0 Å². The summed E-state index contributed by atoms with van der Waals surface area (Å²) in [4.78, 5) is 2.42. The van der Waals surface area contributed by atoms with Crippen LogP contribution in [0, 0.1) is 11.3 Å². The summed E-state index contributed by atoms with van der Waals surface area (Å²) in [6.45, 7) is 4.91. The van der Waals surface area contributed by atoms with Crippen molar-refractivity contribution >= 4 is 0 Å². The van der Waals surface area contributed by atoms with Gasteiger partial charge in [0.25, 0.3) is 0 Å². The number of hydrogen-bond donors (Lipinski definition) is 1. The van der Waals surface area contributed by atoms with E-state index in [1.54, 1.807) is 0 Å². The summed E-state index contributed by atoms with van der Waals surface area (Å²) in [6.07, 6.45) is 3.99. The fourth-order valence-corrected chi connectivity index (χ4v) is 2.55. The van der Waals surface area contributed by atoms with E-state index in [4.69, 9.17) is 5.73 Å². The van der Waals surface area contributed by atoms with Gasteiger partial charge in [-0.1, -0.05) is 6.92 Å². The van der Waals surface area contributed by atoms with Gasteiger partial charge in [0.1, 0.15) is 0 Å². The first-order valence-electron chi connectivity index (χ1n) is 5.07. The third kappa shape index (κ3) is 1.27. The maximum atomic E-state index is 5.95. The molecule has 2 atom stereocenters. The molecule has 2 rings (SSSR count). The van der Waals surface area contributed by atoms with Crippen LogP contribution in [-0.2, 0) is 0 Å². The van der Waals surface area contributed by atoms with Crippen LogP contribution in [0.1, 0.15) is 26.2 Å². The van der Waals surface area contributed by atoms with Gasteiger partial charge in [0.05, 0.1) is 0 Å². The molecule has 0 aromatic heterocycles. The van der Waals surface area contributed by atoms with E-state index in [1.165, 1.54) is 32.4 Å². The molecule has 1 saturated heterocycles. The Morgan fingerprint density at radius 3 is 2.25 bits per heavy atom. The van der Waals surface area contributed by atoms with E-state index in [-0.39, 0.29) is 0 Å². The highest BCUT2D eigenvalue weighted by Gasteiger charge is 2.52. The normalized spacial score (nSPS) is 44.8. The highest BCUT2D eigenvalue weighted by atomic mass is 15.1. The molecule has 1 heterocycles. The standard InChI is InChI=1S/C10H20N2/c1-10(7-9(10)11)8-3-5-12(2)6-4-8/h8-9H,3-7,11H2,1-2H3. The van der Waals surface area contributed by atoms with Crippen molar-refractivity contribution in [1.29, 1.82) is 0 Å². The number of nitrogens with two attached hydrogens (primary N) is 1. The summed E-state index contributed by atoms with van der Waals surface area (Å²) in [6, 6.07) is 0.505. The fourth-order valence-electron chi connectivity index (χ4n) is 2.55. The number of piperidine rings is 1. The maximum Gasteiger partial charge on any atom is 0.0102 e. The molecule has 0 aromatic carbocycles. The van der Waals surface area contributed by atoms with Crippen molar-refractivity contribution < 1.29 is 0 Å². The predicted octanol–water partition coefficient (Wildman–Crippen LogP) is 1.07. The van der Waals surface area contributed by atoms with E-state index in [9.17, 15) is 0 Å². The summed E-state index contributed by atoms with van der Waals surface area (Å²) in [5.74, 6) is 0.906. The van der Waals surface area contributed by atoms with Crippen molar-refractivity contribution in [1.82, 2.24) is 4.90 Å². The van der Waals surface area contributed by atoms with Crippen LogP contribution in [0.3, 0.4) is 0 Å². The average molecular weight is 168 g/mol. The van der Waals surface area contributed by atoms with Crippen LogP contribution < -0.4 is 5.73 Å². The summed E-state index contributed by atoms with van der Waals surface area (Å²) in [7, 11) is 2.21. The lowest BCUT2D eigenvalue weighted by Gasteiger charge is -2.33. The molecule has 70 valence electrons. The van der Waals surface area contributed by atoms with Crippen LogP contribution in [-0.4, -0.2) is 31.1 Å². The lowest BCUT2D eigenvalue weighted by atomic mass is 9.82. The highest BCUT2D eigenvalue weighted by molar-refractivity contribution is 5.07. The first kappa shape index (κ1) is 8.52. The van der Waals surface area contributed by atoms with Gasteiger partial charge in [0, 0.05) is 6.04 Å². The molecule has 0 amide bonds. The van der Waals surface area contributed by atoms with Crippen molar-refractivity contribution in [3.05, 3.63) is 0 Å². The number of hydrogen-bond acceptors (Lipinski definition) is 2. The monoisotopic (exact) mass is 168 g/mol. The van der Waals surface area contributed by atoms with Crippen molar-refractivity contribution in [3.63, 3.8) is 0 Å². The topological polar surface area (TPSA) is 29.3 Å². The van der Waals surface area contributed by atoms with Crippen LogP contribution in [0.15, 0.2) is 0 Å². The predicted molar refractivity (Wildman–Crippen MR) is 50.9 cm³/mol. The lowest BCUT2D eigenvalue weighted by Crippen LogP contribution is -2.35. The molecule has 2 nitrogen and oxygen atoms in total. The molecule has 12 heavy (non-hydrogen) atoms. The van der Waals surface area contributed by atoms with Gasteiger partial charge in [0.15, 0.2) is 0 Å². The van der Waals surface area contributed by atoms with E-state index in [0.717, 1.165) is 5.92 Å². The first-order chi connectivity index (χ1) is 5.63. The van der Waals surface area contributed by atoms with E-state index in [2.05, 4.69) is 18.9 Å². The molecule has 1 saturated carbocycles. The van der Waals surface area contributed by atoms with Gasteiger partial charge < -0.3 is 10.6 Å². The Kier molecular flexibility index (Phi) is 1.92. The molecule has 0 spiro atoms. The molecule has 2 fully saturated rings. The second kappa shape index (κ2) is 2.71. The van der Waals surface area contributed by atoms with Gasteiger partial charge in [-0.2, -0.15) is 0 Å². The number of nitrogens with zero attached hydrogens (tertiary/aromatic N) is 1. The number of likely N-dealkylation sites (tertiary alicyclic amines) is 1. The van der Waals surface area contributed by atoms with Gasteiger partial charge >= 0.3 is 0 Å². The number of rotatable bonds is 1. The second-order valence-corrected chi connectivity index (χ2v) is 4.89. The molecular weight excluding hydrogens is 148 g/mol. The zero-order valence-electron chi connectivity index (χ0n) is 8.21. The fraction of sp³-hybridized carbons (Fsp3) is 1.00. The third-order valence-corrected chi connectivity index (χ3v) is 4.00. The summed E-state index contributed by atoms with van der Waals surface area (Å²) in [5, 5.41) is 0. The third-order valence-electron chi connectivity index (χ3n) is 4.00. The van der Waals surface area contributed by atoms with Gasteiger partial charge in [-0.05, 0) is 50.7 Å². The van der Waals surface area contributed by atoms with Gasteiger partial charge in [-0.3, -0.25) is 0 Å². The first-order valence-corrected chi connectivity index (χ1v) is 5.07. The van der Waals surface area contributed by atoms with E-state index < -0.39 is 0 Å². The minimum absolute atomic E-state index is 0.505. The average Bonchev–Trinajstić information content (AvgIpc) is 2.62. The zero-order valence-corrected chi connectivity index (χ0v) is 8.21. The minimum atomic E-state index is 0.505. The molecule has 2 unspecified atom stereocenters. The minimum Gasteiger partial charge on any atom is -0.327 e. The van der Waals surface area contributed by atoms with Crippen molar-refractivity contribution in [2.45, 2.75) is 32.2 Å². The van der Waals surface area contributed by atoms with Crippen LogP contribution in [0.5, 0.6) is 0 Å². The van der Waals surface area contributed by atoms with Gasteiger partial charge in [0.2, 0.25) is 0 Å². The van der Waals surface area contributed by atoms with Crippen molar-refractivity contribution in [2.75, 3.05) is 20.1 Å². The molecular formula is C10H20N2. The van der Waals surface area contributed by atoms with Gasteiger partial charge in [-0.25, -0.2) is 0 Å². The van der Waals surface area contributed by atoms with Crippen LogP contribution in [0.4, 0.5) is 0 Å². The molecule has 2 aliphatic rings. The maximum absolute atomic E-state index is 5.95.